The van der Waals surface area contributed by atoms with Crippen molar-refractivity contribution in [1.29, 1.82) is 0 Å². The summed E-state index contributed by atoms with van der Waals surface area (Å²) in [5, 5.41) is 19.9. The lowest BCUT2D eigenvalue weighted by atomic mass is 9.62. The van der Waals surface area contributed by atoms with Crippen molar-refractivity contribution in [3.05, 3.63) is 24.3 Å². The van der Waals surface area contributed by atoms with Crippen LogP contribution >= 0.6 is 0 Å². The van der Waals surface area contributed by atoms with Crippen LogP contribution in [0.15, 0.2) is 24.3 Å². The molecule has 0 amide bonds. The Labute approximate surface area is 493 Å². The van der Waals surface area contributed by atoms with Crippen LogP contribution in [0.2, 0.25) is 0 Å². The van der Waals surface area contributed by atoms with E-state index in [0.717, 1.165) is 101 Å². The minimum absolute atomic E-state index is 0.151. The molecule has 4 unspecified atom stereocenters. The van der Waals surface area contributed by atoms with Crippen molar-refractivity contribution >= 4 is 23.1 Å². The third kappa shape index (κ3) is 16.9. The highest BCUT2D eigenvalue weighted by Crippen LogP contribution is 2.60. The van der Waals surface area contributed by atoms with Gasteiger partial charge in [0.25, 0.3) is 0 Å². The molecule has 0 aliphatic heterocycles. The summed E-state index contributed by atoms with van der Waals surface area (Å²) in [6.07, 6.45) is 38.7. The molecule has 0 aromatic heterocycles. The third-order valence-electron chi connectivity index (χ3n) is 24.9. The molecule has 6 nitrogen and oxygen atoms in total. The van der Waals surface area contributed by atoms with Gasteiger partial charge in [-0.25, -0.2) is 0 Å². The largest absolute Gasteiger partial charge is 0.390 e. The highest BCUT2D eigenvalue weighted by Gasteiger charge is 2.55. The fourth-order valence-corrected chi connectivity index (χ4v) is 19.0. The number of hydrogen-bond acceptors (Lipinski definition) is 6. The number of aliphatic hydroxyl groups is 2. The van der Waals surface area contributed by atoms with Crippen LogP contribution in [-0.4, -0.2) is 44.5 Å². The van der Waals surface area contributed by atoms with Crippen LogP contribution in [0.4, 0.5) is 0 Å². The molecule has 8 aliphatic rings. The van der Waals surface area contributed by atoms with Crippen LogP contribution < -0.4 is 0 Å². The second-order valence-corrected chi connectivity index (χ2v) is 32.3. The fraction of sp³-hybridized carbons (Fsp3) is 0.892. The van der Waals surface area contributed by atoms with Gasteiger partial charge in [0.05, 0.1) is 11.2 Å². The lowest BCUT2D eigenvalue weighted by Crippen LogP contribution is -2.39. The molecule has 0 radical (unpaired) electrons. The second-order valence-electron chi connectivity index (χ2n) is 32.3. The first-order valence-electron chi connectivity index (χ1n) is 34.1. The van der Waals surface area contributed by atoms with E-state index in [2.05, 4.69) is 121 Å². The summed E-state index contributed by atoms with van der Waals surface area (Å²) < 4.78 is 0. The van der Waals surface area contributed by atoms with Crippen molar-refractivity contribution < 1.29 is 29.4 Å². The van der Waals surface area contributed by atoms with Crippen molar-refractivity contribution in [3.8, 4) is 0 Å². The molecule has 0 aromatic carbocycles. The van der Waals surface area contributed by atoms with E-state index in [1.165, 1.54) is 83.5 Å². The summed E-state index contributed by atoms with van der Waals surface area (Å²) in [4.78, 5) is 48.7. The molecule has 0 heterocycles. The number of carbonyl (C=O) groups is 4. The SMILES string of the molecule is CC(C)CCC[C@@H](C)C1CC[C@H]2C(=O)CCC[C@]12C.CC(C)[C@@H](C)/C=C/[C@@H](C)C1CC[C@H]2C(=O)CCC[C@]12C.C[C@H](/C=C/[C@H](C)C(C)(C)O)C1CC[C@H]2C(=O)CCC[C@]12C.C[C@H](CCCC(C)(C)O)C1CC[C@H]2C(=O)CCC[C@]12C. The monoisotopic (exact) mass is 1110 g/mol. The molecule has 2 N–H and O–H groups in total. The summed E-state index contributed by atoms with van der Waals surface area (Å²) >= 11 is 0. The summed E-state index contributed by atoms with van der Waals surface area (Å²) in [6.45, 7) is 40.1. The number of Topliss-reactive ketones (excluding diaryl/α,β-unsaturated/α-hetero) is 4. The number of allylic oxidation sites excluding steroid dienone is 3. The van der Waals surface area contributed by atoms with Gasteiger partial charge in [-0.05, 0) is 224 Å². The number of hydrogen-bond donors (Lipinski definition) is 2. The van der Waals surface area contributed by atoms with E-state index >= 15 is 0 Å². The van der Waals surface area contributed by atoms with Crippen LogP contribution in [0.25, 0.3) is 0 Å². The van der Waals surface area contributed by atoms with Crippen molar-refractivity contribution in [3.63, 3.8) is 0 Å². The fourth-order valence-electron chi connectivity index (χ4n) is 19.0. The molecule has 8 saturated carbocycles. The van der Waals surface area contributed by atoms with E-state index < -0.39 is 11.2 Å². The Hall–Kier alpha value is -1.92. The van der Waals surface area contributed by atoms with Gasteiger partial charge in [0.1, 0.15) is 23.1 Å². The Morgan fingerprint density at radius 2 is 0.775 bits per heavy atom. The molecule has 0 spiro atoms. The van der Waals surface area contributed by atoms with E-state index in [9.17, 15) is 29.4 Å². The standard InChI is InChI=1S/C19H32O2.C19H32O.C18H32O2.C18H32O/c1-13(8-9-14(2)18(3,4)21)15-10-11-16-17(20)7-6-12-19(15,16)5;1-13(2)14(3)8-9-15(4)16-10-11-17-18(20)7-6-12-19(16,17)5;1-13(7-5-11-17(2,3)20)14-9-10-15-16(19)8-6-12-18(14,15)4;1-13(2)7-5-8-14(3)15-10-11-16-17(19)9-6-12-18(15,16)4/h8-9,13-16,21H,6-7,10-12H2,1-5H3;8-9,13-17H,6-7,10-12H2,1-5H3;13-15,20H,5-12H2,1-4H3;13-16H,5-12H2,1-4H3/b2*9-8+;;/t13-,14+,15?,16+,19-;14-,15+,16?,17-,19+;13-,14?,15+,18-;14-,15?,16+,18-/m1011/s1. The highest BCUT2D eigenvalue weighted by molar-refractivity contribution is 5.84. The molecule has 0 aromatic rings. The first-order chi connectivity index (χ1) is 37.2. The van der Waals surface area contributed by atoms with Gasteiger partial charge in [0.2, 0.25) is 0 Å². The Kier molecular flexibility index (Phi) is 24.9. The Balaban J connectivity index is 0.000000196. The number of rotatable bonds is 18. The van der Waals surface area contributed by atoms with Crippen molar-refractivity contribution in [2.45, 2.75) is 303 Å². The van der Waals surface area contributed by atoms with Crippen molar-refractivity contribution in [2.75, 3.05) is 0 Å². The van der Waals surface area contributed by atoms with E-state index in [0.29, 0.717) is 99.6 Å². The van der Waals surface area contributed by atoms with Gasteiger partial charge in [-0.3, -0.25) is 19.2 Å². The highest BCUT2D eigenvalue weighted by atomic mass is 16.3. The van der Waals surface area contributed by atoms with Gasteiger partial charge in [-0.2, -0.15) is 0 Å². The predicted molar refractivity (Wildman–Crippen MR) is 336 cm³/mol. The Morgan fingerprint density at radius 1 is 0.450 bits per heavy atom. The molecule has 8 aliphatic carbocycles. The second kappa shape index (κ2) is 29.0. The lowest BCUT2D eigenvalue weighted by molar-refractivity contribution is -0.130. The van der Waals surface area contributed by atoms with E-state index in [1.807, 2.05) is 27.7 Å². The molecule has 6 heteroatoms. The maximum Gasteiger partial charge on any atom is 0.136 e. The summed E-state index contributed by atoms with van der Waals surface area (Å²) in [5.74, 6) is 11.3. The van der Waals surface area contributed by atoms with E-state index in [-0.39, 0.29) is 22.2 Å². The van der Waals surface area contributed by atoms with Crippen LogP contribution in [0.3, 0.4) is 0 Å². The quantitative estimate of drug-likeness (QED) is 0.132. The molecule has 0 saturated heterocycles. The summed E-state index contributed by atoms with van der Waals surface area (Å²) in [5.41, 5.74) is -0.116. The lowest BCUT2D eigenvalue weighted by Gasteiger charge is -2.42. The van der Waals surface area contributed by atoms with Crippen molar-refractivity contribution in [1.82, 2.24) is 0 Å². The molecule has 8 fully saturated rings. The van der Waals surface area contributed by atoms with Gasteiger partial charge >= 0.3 is 0 Å². The average Bonchev–Trinajstić information content (AvgIpc) is 4.12. The minimum Gasteiger partial charge on any atom is -0.390 e. The van der Waals surface area contributed by atoms with Crippen LogP contribution in [0, 0.1) is 116 Å². The Morgan fingerprint density at radius 3 is 1.10 bits per heavy atom. The molecule has 80 heavy (non-hydrogen) atoms. The van der Waals surface area contributed by atoms with Crippen LogP contribution in [0.1, 0.15) is 292 Å². The first kappa shape index (κ1) is 68.9. The number of ketones is 4. The Bertz CT molecular complexity index is 2050. The van der Waals surface area contributed by atoms with Crippen molar-refractivity contribution in [2.24, 2.45) is 116 Å². The van der Waals surface area contributed by atoms with Crippen LogP contribution in [-0.2, 0) is 19.2 Å². The molecule has 460 valence electrons. The molecule has 0 bridgehead atoms. The topological polar surface area (TPSA) is 109 Å². The smallest absolute Gasteiger partial charge is 0.136 e. The van der Waals surface area contributed by atoms with Gasteiger partial charge in [0.15, 0.2) is 0 Å². The first-order valence-corrected chi connectivity index (χ1v) is 34.1. The average molecular weight is 1110 g/mol. The number of carbonyl (C=O) groups excluding carboxylic acids is 4. The maximum atomic E-state index is 12.2. The normalized spacial score (nSPS) is 36.7. The molecule has 8 rings (SSSR count). The summed E-state index contributed by atoms with van der Waals surface area (Å²) in [7, 11) is 0. The maximum absolute atomic E-state index is 12.2. The van der Waals surface area contributed by atoms with Crippen LogP contribution in [0.5, 0.6) is 0 Å². The molecular weight excluding hydrogens is 985 g/mol. The zero-order valence-electron chi connectivity index (χ0n) is 55.5. The summed E-state index contributed by atoms with van der Waals surface area (Å²) in [6, 6.07) is 0. The number of fused-ring (bicyclic) bond motifs is 4. The third-order valence-corrected chi connectivity index (χ3v) is 24.9. The predicted octanol–water partition coefficient (Wildman–Crippen LogP) is 19.2. The van der Waals surface area contributed by atoms with E-state index in [4.69, 9.17) is 0 Å². The zero-order valence-corrected chi connectivity index (χ0v) is 55.5. The molecular formula is C74H128O6. The molecule has 18 atom stereocenters. The van der Waals surface area contributed by atoms with Gasteiger partial charge in [-0.15, -0.1) is 0 Å². The van der Waals surface area contributed by atoms with Gasteiger partial charge in [-0.1, -0.05) is 153 Å². The minimum atomic E-state index is -0.668. The van der Waals surface area contributed by atoms with Gasteiger partial charge in [0, 0.05) is 55.3 Å². The van der Waals surface area contributed by atoms with E-state index in [1.54, 1.807) is 0 Å². The van der Waals surface area contributed by atoms with Gasteiger partial charge < -0.3 is 10.2 Å². The zero-order chi connectivity index (χ0) is 59.8.